The fourth-order valence-corrected chi connectivity index (χ4v) is 3.31. The van der Waals surface area contributed by atoms with Crippen molar-refractivity contribution in [3.63, 3.8) is 0 Å². The minimum Gasteiger partial charge on any atom is -0.338 e. The second-order valence-electron chi connectivity index (χ2n) is 5.29. The monoisotopic (exact) mass is 259 g/mol. The Balaban J connectivity index is 2.66. The SMILES string of the molecule is CCCC(CCC)C(=O)N1CCC(C)C1CCl. The van der Waals surface area contributed by atoms with E-state index in [1.807, 2.05) is 4.90 Å². The van der Waals surface area contributed by atoms with Gasteiger partial charge >= 0.3 is 0 Å². The zero-order valence-electron chi connectivity index (χ0n) is 11.4. The van der Waals surface area contributed by atoms with Gasteiger partial charge in [-0.15, -0.1) is 11.6 Å². The van der Waals surface area contributed by atoms with Gasteiger partial charge in [0.15, 0.2) is 0 Å². The molecule has 0 saturated carbocycles. The van der Waals surface area contributed by atoms with Crippen molar-refractivity contribution in [1.29, 1.82) is 0 Å². The van der Waals surface area contributed by atoms with Gasteiger partial charge in [0.25, 0.3) is 0 Å². The van der Waals surface area contributed by atoms with E-state index in [0.29, 0.717) is 17.7 Å². The van der Waals surface area contributed by atoms with E-state index in [0.717, 1.165) is 38.6 Å². The second-order valence-corrected chi connectivity index (χ2v) is 5.60. The van der Waals surface area contributed by atoms with Crippen LogP contribution in [-0.2, 0) is 4.79 Å². The van der Waals surface area contributed by atoms with Crippen LogP contribution in [-0.4, -0.2) is 29.3 Å². The van der Waals surface area contributed by atoms with Gasteiger partial charge in [-0.25, -0.2) is 0 Å². The molecule has 2 nitrogen and oxygen atoms in total. The Morgan fingerprint density at radius 1 is 1.35 bits per heavy atom. The molecule has 17 heavy (non-hydrogen) atoms. The van der Waals surface area contributed by atoms with Gasteiger partial charge in [-0.2, -0.15) is 0 Å². The summed E-state index contributed by atoms with van der Waals surface area (Å²) in [6, 6.07) is 0.264. The molecule has 3 heteroatoms. The Bertz CT molecular complexity index is 238. The Morgan fingerprint density at radius 3 is 2.41 bits per heavy atom. The van der Waals surface area contributed by atoms with Crippen LogP contribution in [0.1, 0.15) is 52.9 Å². The lowest BCUT2D eigenvalue weighted by atomic mass is 9.96. The highest BCUT2D eigenvalue weighted by Gasteiger charge is 2.35. The standard InChI is InChI=1S/C14H26ClNO/c1-4-6-12(7-5-2)14(17)16-9-8-11(3)13(16)10-15/h11-13H,4-10H2,1-3H3. The molecule has 0 aromatic heterocycles. The molecule has 2 atom stereocenters. The summed E-state index contributed by atoms with van der Waals surface area (Å²) in [6.07, 6.45) is 5.32. The molecular formula is C14H26ClNO. The Morgan fingerprint density at radius 2 is 1.94 bits per heavy atom. The molecule has 1 saturated heterocycles. The van der Waals surface area contributed by atoms with Crippen molar-refractivity contribution < 1.29 is 4.79 Å². The predicted molar refractivity (Wildman–Crippen MR) is 73.3 cm³/mol. The highest BCUT2D eigenvalue weighted by Crippen LogP contribution is 2.28. The number of carbonyl (C=O) groups excluding carboxylic acids is 1. The van der Waals surface area contributed by atoms with Crippen molar-refractivity contribution in [2.75, 3.05) is 12.4 Å². The summed E-state index contributed by atoms with van der Waals surface area (Å²) >= 11 is 6.01. The third-order valence-corrected chi connectivity index (χ3v) is 4.26. The molecule has 1 rings (SSSR count). The summed E-state index contributed by atoms with van der Waals surface area (Å²) in [5, 5.41) is 0. The van der Waals surface area contributed by atoms with Crippen LogP contribution >= 0.6 is 11.6 Å². The summed E-state index contributed by atoms with van der Waals surface area (Å²) in [6.45, 7) is 7.42. The minimum atomic E-state index is 0.223. The van der Waals surface area contributed by atoms with E-state index in [-0.39, 0.29) is 12.0 Å². The molecule has 0 aromatic carbocycles. The quantitative estimate of drug-likeness (QED) is 0.667. The molecule has 0 spiro atoms. The van der Waals surface area contributed by atoms with Crippen LogP contribution in [0.15, 0.2) is 0 Å². The summed E-state index contributed by atoms with van der Waals surface area (Å²) in [7, 11) is 0. The van der Waals surface area contributed by atoms with Crippen molar-refractivity contribution in [3.8, 4) is 0 Å². The maximum Gasteiger partial charge on any atom is 0.225 e. The van der Waals surface area contributed by atoms with E-state index in [9.17, 15) is 4.79 Å². The molecule has 1 fully saturated rings. The first-order valence-corrected chi connectivity index (χ1v) is 7.55. The van der Waals surface area contributed by atoms with Gasteiger partial charge in [-0.1, -0.05) is 33.6 Å². The first-order chi connectivity index (χ1) is 8.15. The number of hydrogen-bond acceptors (Lipinski definition) is 1. The van der Waals surface area contributed by atoms with Gasteiger partial charge in [-0.3, -0.25) is 4.79 Å². The molecule has 1 aliphatic heterocycles. The smallest absolute Gasteiger partial charge is 0.225 e. The number of amides is 1. The van der Waals surface area contributed by atoms with Crippen LogP contribution in [0.4, 0.5) is 0 Å². The minimum absolute atomic E-state index is 0.223. The number of hydrogen-bond donors (Lipinski definition) is 0. The van der Waals surface area contributed by atoms with Gasteiger partial charge in [0.2, 0.25) is 5.91 Å². The fraction of sp³-hybridized carbons (Fsp3) is 0.929. The molecule has 100 valence electrons. The molecule has 0 aliphatic carbocycles. The van der Waals surface area contributed by atoms with E-state index < -0.39 is 0 Å². The Kier molecular flexibility index (Phi) is 6.32. The van der Waals surface area contributed by atoms with Crippen molar-refractivity contribution >= 4 is 17.5 Å². The molecule has 0 bridgehead atoms. The van der Waals surface area contributed by atoms with Crippen molar-refractivity contribution in [3.05, 3.63) is 0 Å². The van der Waals surface area contributed by atoms with Gasteiger partial charge in [0.1, 0.15) is 0 Å². The third kappa shape index (κ3) is 3.61. The van der Waals surface area contributed by atoms with Crippen LogP contribution in [0.5, 0.6) is 0 Å². The predicted octanol–water partition coefficient (Wildman–Crippen LogP) is 3.68. The van der Waals surface area contributed by atoms with E-state index in [1.165, 1.54) is 0 Å². The number of halogens is 1. The average Bonchev–Trinajstić information content (AvgIpc) is 2.69. The summed E-state index contributed by atoms with van der Waals surface area (Å²) in [5.74, 6) is 1.71. The highest BCUT2D eigenvalue weighted by molar-refractivity contribution is 6.18. The largest absolute Gasteiger partial charge is 0.338 e. The highest BCUT2D eigenvalue weighted by atomic mass is 35.5. The van der Waals surface area contributed by atoms with Crippen LogP contribution in [0.25, 0.3) is 0 Å². The lowest BCUT2D eigenvalue weighted by molar-refractivity contribution is -0.136. The molecule has 2 unspecified atom stereocenters. The van der Waals surface area contributed by atoms with Gasteiger partial charge < -0.3 is 4.90 Å². The van der Waals surface area contributed by atoms with Crippen molar-refractivity contribution in [1.82, 2.24) is 4.90 Å². The Labute approximate surface area is 111 Å². The number of alkyl halides is 1. The van der Waals surface area contributed by atoms with Crippen LogP contribution in [0.3, 0.4) is 0 Å². The molecule has 0 aromatic rings. The molecule has 1 heterocycles. The second kappa shape index (κ2) is 7.25. The zero-order chi connectivity index (χ0) is 12.8. The first-order valence-electron chi connectivity index (χ1n) is 7.02. The average molecular weight is 260 g/mol. The van der Waals surface area contributed by atoms with Crippen LogP contribution in [0.2, 0.25) is 0 Å². The summed E-state index contributed by atoms with van der Waals surface area (Å²) in [5.41, 5.74) is 0. The number of rotatable bonds is 6. The van der Waals surface area contributed by atoms with Gasteiger partial charge in [-0.05, 0) is 25.2 Å². The first kappa shape index (κ1) is 14.8. The van der Waals surface area contributed by atoms with Crippen molar-refractivity contribution in [2.24, 2.45) is 11.8 Å². The van der Waals surface area contributed by atoms with Crippen LogP contribution < -0.4 is 0 Å². The topological polar surface area (TPSA) is 20.3 Å². The molecule has 0 N–H and O–H groups in total. The van der Waals surface area contributed by atoms with Crippen molar-refractivity contribution in [2.45, 2.75) is 58.9 Å². The normalized spacial score (nSPS) is 24.6. The van der Waals surface area contributed by atoms with E-state index in [4.69, 9.17) is 11.6 Å². The number of carbonyl (C=O) groups is 1. The number of likely N-dealkylation sites (tertiary alicyclic amines) is 1. The van der Waals surface area contributed by atoms with E-state index in [1.54, 1.807) is 0 Å². The lowest BCUT2D eigenvalue weighted by Crippen LogP contribution is -2.42. The molecule has 1 aliphatic rings. The Hall–Kier alpha value is -0.240. The fourth-order valence-electron chi connectivity index (χ4n) is 2.84. The maximum absolute atomic E-state index is 12.5. The van der Waals surface area contributed by atoms with E-state index in [2.05, 4.69) is 20.8 Å². The van der Waals surface area contributed by atoms with Crippen LogP contribution in [0, 0.1) is 11.8 Å². The zero-order valence-corrected chi connectivity index (χ0v) is 12.2. The number of nitrogens with zero attached hydrogens (tertiary/aromatic N) is 1. The van der Waals surface area contributed by atoms with E-state index >= 15 is 0 Å². The van der Waals surface area contributed by atoms with Gasteiger partial charge in [0, 0.05) is 24.4 Å². The molecule has 0 radical (unpaired) electrons. The summed E-state index contributed by atoms with van der Waals surface area (Å²) in [4.78, 5) is 14.6. The van der Waals surface area contributed by atoms with Gasteiger partial charge in [0.05, 0.1) is 0 Å². The maximum atomic E-state index is 12.5. The summed E-state index contributed by atoms with van der Waals surface area (Å²) < 4.78 is 0. The lowest BCUT2D eigenvalue weighted by Gasteiger charge is -2.29. The molecule has 1 amide bonds. The third-order valence-electron chi connectivity index (χ3n) is 3.95. The molecular weight excluding hydrogens is 234 g/mol.